The SMILES string of the molecule is COc1ccc(C(=O)c2cc(COc3cc(OC)ccc3C(O)c3ccc(OC)cc3OC)c(OC)cc2OC)c(OC)c1. The van der Waals surface area contributed by atoms with E-state index in [2.05, 4.69) is 0 Å². The van der Waals surface area contributed by atoms with Gasteiger partial charge in [-0.25, -0.2) is 0 Å². The number of benzene rings is 4. The minimum atomic E-state index is -1.10. The molecular weight excluding hydrogens is 568 g/mol. The summed E-state index contributed by atoms with van der Waals surface area (Å²) in [6.45, 7) is -0.0141. The summed E-state index contributed by atoms with van der Waals surface area (Å²) in [6, 6.07) is 18.5. The minimum absolute atomic E-state index is 0.0141. The van der Waals surface area contributed by atoms with Crippen LogP contribution in [-0.2, 0) is 6.61 Å². The van der Waals surface area contributed by atoms with E-state index in [4.69, 9.17) is 37.9 Å². The van der Waals surface area contributed by atoms with E-state index in [9.17, 15) is 9.90 Å². The Balaban J connectivity index is 1.72. The minimum Gasteiger partial charge on any atom is -0.497 e. The summed E-state index contributed by atoms with van der Waals surface area (Å²) in [4.78, 5) is 13.8. The lowest BCUT2D eigenvalue weighted by Crippen LogP contribution is -2.10. The van der Waals surface area contributed by atoms with Crippen molar-refractivity contribution in [2.24, 2.45) is 0 Å². The normalized spacial score (nSPS) is 11.3. The van der Waals surface area contributed by atoms with Crippen molar-refractivity contribution >= 4 is 5.78 Å². The van der Waals surface area contributed by atoms with Crippen molar-refractivity contribution in [3.8, 4) is 46.0 Å². The van der Waals surface area contributed by atoms with Crippen molar-refractivity contribution in [1.29, 1.82) is 0 Å². The fraction of sp³-hybridized carbons (Fsp3) is 0.265. The second kappa shape index (κ2) is 14.4. The third-order valence-corrected chi connectivity index (χ3v) is 7.13. The number of methoxy groups -OCH3 is 7. The number of hydrogen-bond donors (Lipinski definition) is 1. The monoisotopic (exact) mass is 604 g/mol. The van der Waals surface area contributed by atoms with E-state index in [1.165, 1.54) is 35.5 Å². The molecule has 232 valence electrons. The number of rotatable bonds is 14. The highest BCUT2D eigenvalue weighted by atomic mass is 16.5. The lowest BCUT2D eigenvalue weighted by molar-refractivity contribution is 0.103. The second-order valence-corrected chi connectivity index (χ2v) is 9.46. The van der Waals surface area contributed by atoms with Crippen LogP contribution < -0.4 is 37.9 Å². The zero-order valence-corrected chi connectivity index (χ0v) is 25.8. The number of aliphatic hydroxyl groups is 1. The molecule has 0 heterocycles. The van der Waals surface area contributed by atoms with Crippen LogP contribution in [0.4, 0.5) is 0 Å². The van der Waals surface area contributed by atoms with Gasteiger partial charge >= 0.3 is 0 Å². The molecule has 1 atom stereocenters. The van der Waals surface area contributed by atoms with Crippen LogP contribution in [-0.4, -0.2) is 60.7 Å². The predicted molar refractivity (Wildman–Crippen MR) is 163 cm³/mol. The van der Waals surface area contributed by atoms with Crippen molar-refractivity contribution in [2.75, 3.05) is 49.8 Å². The van der Waals surface area contributed by atoms with E-state index in [-0.39, 0.29) is 18.0 Å². The van der Waals surface area contributed by atoms with Gasteiger partial charge in [-0.2, -0.15) is 0 Å². The Morgan fingerprint density at radius 1 is 0.545 bits per heavy atom. The largest absolute Gasteiger partial charge is 0.497 e. The highest BCUT2D eigenvalue weighted by molar-refractivity contribution is 6.12. The molecule has 0 radical (unpaired) electrons. The van der Waals surface area contributed by atoms with Crippen LogP contribution in [0.2, 0.25) is 0 Å². The molecule has 0 amide bonds. The molecule has 0 aliphatic carbocycles. The molecule has 0 bridgehead atoms. The first-order chi connectivity index (χ1) is 21.3. The first-order valence-corrected chi connectivity index (χ1v) is 13.5. The van der Waals surface area contributed by atoms with Crippen LogP contribution in [0.5, 0.6) is 46.0 Å². The molecule has 0 aliphatic rings. The molecule has 4 aromatic carbocycles. The van der Waals surface area contributed by atoms with Crippen molar-refractivity contribution in [1.82, 2.24) is 0 Å². The maximum absolute atomic E-state index is 13.8. The van der Waals surface area contributed by atoms with Crippen molar-refractivity contribution in [2.45, 2.75) is 12.7 Å². The first-order valence-electron chi connectivity index (χ1n) is 13.5. The molecule has 1 unspecified atom stereocenters. The first kappa shape index (κ1) is 31.8. The van der Waals surface area contributed by atoms with E-state index in [1.807, 2.05) is 0 Å². The molecule has 1 N–H and O–H groups in total. The van der Waals surface area contributed by atoms with Gasteiger partial charge in [0.2, 0.25) is 0 Å². The fourth-order valence-corrected chi connectivity index (χ4v) is 4.75. The molecule has 0 spiro atoms. The number of ketones is 1. The molecule has 10 heteroatoms. The van der Waals surface area contributed by atoms with Crippen LogP contribution in [0.1, 0.15) is 38.7 Å². The Labute approximate surface area is 256 Å². The number of ether oxygens (including phenoxy) is 8. The summed E-state index contributed by atoms with van der Waals surface area (Å²) in [5.74, 6) is 3.28. The van der Waals surface area contributed by atoms with Gasteiger partial charge in [-0.3, -0.25) is 4.79 Å². The second-order valence-electron chi connectivity index (χ2n) is 9.46. The Morgan fingerprint density at radius 2 is 1.02 bits per heavy atom. The highest BCUT2D eigenvalue weighted by Crippen LogP contribution is 2.39. The van der Waals surface area contributed by atoms with Crippen molar-refractivity contribution in [3.05, 3.63) is 94.5 Å². The number of carbonyl (C=O) groups is 1. The van der Waals surface area contributed by atoms with E-state index >= 15 is 0 Å². The summed E-state index contributed by atoms with van der Waals surface area (Å²) in [7, 11) is 10.6. The summed E-state index contributed by atoms with van der Waals surface area (Å²) in [6.07, 6.45) is -1.10. The number of aliphatic hydroxyl groups excluding tert-OH is 1. The number of hydrogen-bond acceptors (Lipinski definition) is 10. The van der Waals surface area contributed by atoms with Crippen molar-refractivity contribution in [3.63, 3.8) is 0 Å². The lowest BCUT2D eigenvalue weighted by Gasteiger charge is -2.21. The Bertz CT molecular complexity index is 1610. The molecular formula is C34H36O10. The lowest BCUT2D eigenvalue weighted by atomic mass is 9.98. The average molecular weight is 605 g/mol. The van der Waals surface area contributed by atoms with Gasteiger partial charge in [0.1, 0.15) is 58.7 Å². The summed E-state index contributed by atoms with van der Waals surface area (Å²) in [5.41, 5.74) is 2.17. The molecule has 0 aliphatic heterocycles. The van der Waals surface area contributed by atoms with Crippen LogP contribution in [0.25, 0.3) is 0 Å². The third-order valence-electron chi connectivity index (χ3n) is 7.13. The molecule has 44 heavy (non-hydrogen) atoms. The molecule has 10 nitrogen and oxygen atoms in total. The molecule has 0 saturated heterocycles. The predicted octanol–water partition coefficient (Wildman–Crippen LogP) is 5.64. The third kappa shape index (κ3) is 6.60. The molecule has 0 saturated carbocycles. The van der Waals surface area contributed by atoms with Gasteiger partial charge in [-0.15, -0.1) is 0 Å². The van der Waals surface area contributed by atoms with Gasteiger partial charge in [-0.05, 0) is 42.5 Å². The van der Waals surface area contributed by atoms with E-state index in [0.29, 0.717) is 68.2 Å². The zero-order chi connectivity index (χ0) is 31.8. The standard InChI is InChI=1S/C34H36O10/c1-37-21-8-11-24(29(15-21)41-5)33(35)26-13-10-23(39-3)17-32(26)44-19-20-14-27(31(43-7)18-28(20)40-4)34(36)25-12-9-22(38-2)16-30(25)42-6/h8-18,33,35H,19H2,1-7H3. The average Bonchev–Trinajstić information content (AvgIpc) is 3.08. The Morgan fingerprint density at radius 3 is 1.57 bits per heavy atom. The maximum Gasteiger partial charge on any atom is 0.200 e. The smallest absolute Gasteiger partial charge is 0.200 e. The van der Waals surface area contributed by atoms with Crippen LogP contribution >= 0.6 is 0 Å². The van der Waals surface area contributed by atoms with Gasteiger partial charge in [-0.1, -0.05) is 0 Å². The molecule has 4 aromatic rings. The van der Waals surface area contributed by atoms with Crippen molar-refractivity contribution < 1.29 is 47.8 Å². The van der Waals surface area contributed by atoms with E-state index in [1.54, 1.807) is 80.9 Å². The van der Waals surface area contributed by atoms with E-state index in [0.717, 1.165) is 0 Å². The van der Waals surface area contributed by atoms with Gasteiger partial charge < -0.3 is 43.0 Å². The van der Waals surface area contributed by atoms with Gasteiger partial charge in [0, 0.05) is 41.0 Å². The summed E-state index contributed by atoms with van der Waals surface area (Å²) in [5, 5.41) is 11.5. The van der Waals surface area contributed by atoms with Gasteiger partial charge in [0.15, 0.2) is 5.78 Å². The summed E-state index contributed by atoms with van der Waals surface area (Å²) >= 11 is 0. The van der Waals surface area contributed by atoms with E-state index < -0.39 is 6.10 Å². The Kier molecular flexibility index (Phi) is 10.4. The number of carbonyl (C=O) groups excluding carboxylic acids is 1. The van der Waals surface area contributed by atoms with Crippen LogP contribution in [0, 0.1) is 0 Å². The van der Waals surface area contributed by atoms with Crippen LogP contribution in [0.3, 0.4) is 0 Å². The fourth-order valence-electron chi connectivity index (χ4n) is 4.75. The quantitative estimate of drug-likeness (QED) is 0.182. The zero-order valence-electron chi connectivity index (χ0n) is 25.8. The van der Waals surface area contributed by atoms with Gasteiger partial charge in [0.05, 0.1) is 60.9 Å². The van der Waals surface area contributed by atoms with Gasteiger partial charge in [0.25, 0.3) is 0 Å². The Hall–Kier alpha value is -5.09. The van der Waals surface area contributed by atoms with Crippen LogP contribution in [0.15, 0.2) is 66.7 Å². The molecule has 0 aromatic heterocycles. The summed E-state index contributed by atoms with van der Waals surface area (Å²) < 4.78 is 44.4. The highest BCUT2D eigenvalue weighted by Gasteiger charge is 2.24. The molecule has 4 rings (SSSR count). The maximum atomic E-state index is 13.8. The topological polar surface area (TPSA) is 111 Å². The molecule has 0 fully saturated rings.